The van der Waals surface area contributed by atoms with Crippen LogP contribution >= 0.6 is 0 Å². The fourth-order valence-corrected chi connectivity index (χ4v) is 1.86. The van der Waals surface area contributed by atoms with Crippen LogP contribution in [-0.2, 0) is 0 Å². The van der Waals surface area contributed by atoms with Crippen molar-refractivity contribution in [3.05, 3.63) is 23.8 Å². The lowest BCUT2D eigenvalue weighted by Crippen LogP contribution is -2.32. The summed E-state index contributed by atoms with van der Waals surface area (Å²) in [6, 6.07) is 5.84. The highest BCUT2D eigenvalue weighted by Gasteiger charge is 2.24. The zero-order valence-electron chi connectivity index (χ0n) is 8.83. The molecule has 1 aliphatic heterocycles. The van der Waals surface area contributed by atoms with Crippen LogP contribution in [0.2, 0.25) is 0 Å². The Morgan fingerprint density at radius 3 is 2.87 bits per heavy atom. The van der Waals surface area contributed by atoms with E-state index >= 15 is 0 Å². The van der Waals surface area contributed by atoms with E-state index < -0.39 is 0 Å². The van der Waals surface area contributed by atoms with Gasteiger partial charge >= 0.3 is 0 Å². The summed E-state index contributed by atoms with van der Waals surface area (Å²) in [4.78, 5) is 0. The van der Waals surface area contributed by atoms with Gasteiger partial charge in [-0.15, -0.1) is 0 Å². The van der Waals surface area contributed by atoms with Gasteiger partial charge in [0.25, 0.3) is 0 Å². The Morgan fingerprint density at radius 1 is 1.47 bits per heavy atom. The third kappa shape index (κ3) is 2.22. The third-order valence-corrected chi connectivity index (χ3v) is 2.77. The maximum atomic E-state index is 9.65. The van der Waals surface area contributed by atoms with Gasteiger partial charge in [0.05, 0.1) is 12.1 Å². The average molecular weight is 207 g/mol. The Morgan fingerprint density at radius 2 is 2.27 bits per heavy atom. The first-order valence-electron chi connectivity index (χ1n) is 5.18. The normalized spacial score (nSPS) is 25.5. The Hall–Kier alpha value is -1.26. The summed E-state index contributed by atoms with van der Waals surface area (Å²) in [6.07, 6.45) is -0.318. The number of aryl methyl sites for hydroxylation is 1. The molecule has 5 N–H and O–H groups in total. The molecule has 1 saturated heterocycles. The summed E-state index contributed by atoms with van der Waals surface area (Å²) in [5, 5.41) is 16.1. The van der Waals surface area contributed by atoms with Gasteiger partial charge in [0.1, 0.15) is 0 Å². The summed E-state index contributed by atoms with van der Waals surface area (Å²) in [7, 11) is 0. The molecule has 1 fully saturated rings. The van der Waals surface area contributed by atoms with E-state index in [9.17, 15) is 5.11 Å². The van der Waals surface area contributed by atoms with Crippen LogP contribution in [-0.4, -0.2) is 30.3 Å². The first-order valence-corrected chi connectivity index (χ1v) is 5.18. The Labute approximate surface area is 89.5 Å². The van der Waals surface area contributed by atoms with Gasteiger partial charge in [0, 0.05) is 24.5 Å². The number of rotatable bonds is 2. The molecule has 15 heavy (non-hydrogen) atoms. The largest absolute Gasteiger partial charge is 0.399 e. The number of hydrogen-bond acceptors (Lipinski definition) is 4. The van der Waals surface area contributed by atoms with Crippen molar-refractivity contribution in [2.24, 2.45) is 0 Å². The van der Waals surface area contributed by atoms with Crippen molar-refractivity contribution in [3.8, 4) is 0 Å². The first-order chi connectivity index (χ1) is 7.16. The van der Waals surface area contributed by atoms with E-state index in [1.807, 2.05) is 25.1 Å². The zero-order valence-corrected chi connectivity index (χ0v) is 8.83. The number of nitrogens with one attached hydrogen (secondary N) is 2. The molecule has 0 aliphatic carbocycles. The van der Waals surface area contributed by atoms with Gasteiger partial charge in [-0.1, -0.05) is 0 Å². The molecular weight excluding hydrogens is 190 g/mol. The third-order valence-electron chi connectivity index (χ3n) is 2.77. The second kappa shape index (κ2) is 4.08. The highest BCUT2D eigenvalue weighted by Crippen LogP contribution is 2.19. The van der Waals surface area contributed by atoms with E-state index in [-0.39, 0.29) is 12.1 Å². The van der Waals surface area contributed by atoms with Crippen molar-refractivity contribution >= 4 is 11.4 Å². The molecule has 0 aromatic heterocycles. The molecule has 0 saturated carbocycles. The quantitative estimate of drug-likeness (QED) is 0.527. The molecule has 4 nitrogen and oxygen atoms in total. The van der Waals surface area contributed by atoms with Crippen molar-refractivity contribution in [1.29, 1.82) is 0 Å². The van der Waals surface area contributed by atoms with Gasteiger partial charge < -0.3 is 21.5 Å². The van der Waals surface area contributed by atoms with Crippen molar-refractivity contribution in [3.63, 3.8) is 0 Å². The summed E-state index contributed by atoms with van der Waals surface area (Å²) >= 11 is 0. The molecule has 1 aromatic carbocycles. The van der Waals surface area contributed by atoms with E-state index in [0.29, 0.717) is 6.54 Å². The van der Waals surface area contributed by atoms with E-state index in [0.717, 1.165) is 23.5 Å². The minimum absolute atomic E-state index is 0.0901. The summed E-state index contributed by atoms with van der Waals surface area (Å²) in [5.41, 5.74) is 8.58. The predicted octanol–water partition coefficient (Wildman–Crippen LogP) is 0.322. The number of nitrogens with two attached hydrogens (primary N) is 1. The van der Waals surface area contributed by atoms with Crippen LogP contribution in [0.4, 0.5) is 11.4 Å². The van der Waals surface area contributed by atoms with Crippen molar-refractivity contribution < 1.29 is 5.11 Å². The van der Waals surface area contributed by atoms with Crippen LogP contribution in [0, 0.1) is 6.92 Å². The van der Waals surface area contributed by atoms with E-state index in [2.05, 4.69) is 10.6 Å². The van der Waals surface area contributed by atoms with Crippen LogP contribution in [0.5, 0.6) is 0 Å². The van der Waals surface area contributed by atoms with Crippen LogP contribution in [0.25, 0.3) is 0 Å². The van der Waals surface area contributed by atoms with Crippen molar-refractivity contribution in [2.45, 2.75) is 19.1 Å². The van der Waals surface area contributed by atoms with Crippen molar-refractivity contribution in [1.82, 2.24) is 5.32 Å². The fourth-order valence-electron chi connectivity index (χ4n) is 1.86. The monoisotopic (exact) mass is 207 g/mol. The van der Waals surface area contributed by atoms with Gasteiger partial charge in [0.2, 0.25) is 0 Å². The minimum atomic E-state index is -0.318. The molecule has 0 unspecified atom stereocenters. The number of β-amino-alcohol motifs (C(OH)–C–C–N with tert-alkyl or cyclic N) is 1. The number of aliphatic hydroxyl groups is 1. The molecule has 1 aliphatic rings. The molecular formula is C11H17N3O. The van der Waals surface area contributed by atoms with E-state index in [1.165, 1.54) is 0 Å². The van der Waals surface area contributed by atoms with Crippen LogP contribution < -0.4 is 16.4 Å². The molecule has 0 amide bonds. The van der Waals surface area contributed by atoms with Crippen molar-refractivity contribution in [2.75, 3.05) is 24.1 Å². The van der Waals surface area contributed by atoms with Gasteiger partial charge in [-0.3, -0.25) is 0 Å². The lowest BCUT2D eigenvalue weighted by atomic mass is 10.1. The molecule has 2 atom stereocenters. The topological polar surface area (TPSA) is 70.3 Å². The average Bonchev–Trinajstić information content (AvgIpc) is 2.57. The van der Waals surface area contributed by atoms with E-state index in [4.69, 9.17) is 5.73 Å². The lowest BCUT2D eigenvalue weighted by molar-refractivity contribution is 0.185. The molecule has 1 heterocycles. The van der Waals surface area contributed by atoms with E-state index in [1.54, 1.807) is 0 Å². The second-order valence-corrected chi connectivity index (χ2v) is 4.05. The highest BCUT2D eigenvalue weighted by atomic mass is 16.3. The number of benzene rings is 1. The number of nitrogen functional groups attached to an aromatic ring is 1. The molecule has 82 valence electrons. The van der Waals surface area contributed by atoms with Gasteiger partial charge in [0.15, 0.2) is 0 Å². The first kappa shape index (κ1) is 10.3. The molecule has 4 heteroatoms. The fraction of sp³-hybridized carbons (Fsp3) is 0.455. The standard InChI is InChI=1S/C11H17N3O/c1-7-4-8(12)2-3-9(7)14-10-5-13-6-11(10)15/h2-4,10-11,13-15H,5-6,12H2,1H3/t10-,11-/m0/s1. The number of anilines is 2. The van der Waals surface area contributed by atoms with Gasteiger partial charge in [-0.05, 0) is 30.7 Å². The molecule has 2 rings (SSSR count). The second-order valence-electron chi connectivity index (χ2n) is 4.05. The maximum Gasteiger partial charge on any atom is 0.0877 e. The SMILES string of the molecule is Cc1cc(N)ccc1N[C@H]1CNC[C@@H]1O. The zero-order chi connectivity index (χ0) is 10.8. The Bertz CT molecular complexity index is 354. The molecule has 0 radical (unpaired) electrons. The van der Waals surface area contributed by atoms with Gasteiger partial charge in [-0.2, -0.15) is 0 Å². The molecule has 0 bridgehead atoms. The van der Waals surface area contributed by atoms with Crippen LogP contribution in [0.3, 0.4) is 0 Å². The Balaban J connectivity index is 2.10. The number of hydrogen-bond donors (Lipinski definition) is 4. The lowest BCUT2D eigenvalue weighted by Gasteiger charge is -2.18. The number of aliphatic hydroxyl groups excluding tert-OH is 1. The summed E-state index contributed by atoms with van der Waals surface area (Å²) in [6.45, 7) is 3.46. The summed E-state index contributed by atoms with van der Waals surface area (Å²) in [5.74, 6) is 0. The van der Waals surface area contributed by atoms with Crippen LogP contribution in [0.1, 0.15) is 5.56 Å². The summed E-state index contributed by atoms with van der Waals surface area (Å²) < 4.78 is 0. The predicted molar refractivity (Wildman–Crippen MR) is 61.9 cm³/mol. The van der Waals surface area contributed by atoms with Gasteiger partial charge in [-0.25, -0.2) is 0 Å². The maximum absolute atomic E-state index is 9.65. The minimum Gasteiger partial charge on any atom is -0.399 e. The van der Waals surface area contributed by atoms with Crippen LogP contribution in [0.15, 0.2) is 18.2 Å². The molecule has 0 spiro atoms. The molecule has 1 aromatic rings. The highest BCUT2D eigenvalue weighted by molar-refractivity contribution is 5.58. The Kier molecular flexibility index (Phi) is 2.79. The smallest absolute Gasteiger partial charge is 0.0877 e.